The molecule has 0 aromatic carbocycles. The van der Waals surface area contributed by atoms with Gasteiger partial charge in [-0.25, -0.2) is 4.98 Å². The van der Waals surface area contributed by atoms with E-state index in [1.807, 2.05) is 0 Å². The number of aromatic nitrogens is 4. The predicted molar refractivity (Wildman–Crippen MR) is 42.1 cm³/mol. The Balaban J connectivity index is 0.000000845. The van der Waals surface area contributed by atoms with E-state index in [9.17, 15) is 0 Å². The van der Waals surface area contributed by atoms with Gasteiger partial charge in [0.2, 0.25) is 0 Å². The zero-order valence-electron chi connectivity index (χ0n) is 6.55. The molecule has 13 heavy (non-hydrogen) atoms. The summed E-state index contributed by atoms with van der Waals surface area (Å²) >= 11 is 0. The second kappa shape index (κ2) is 4.38. The van der Waals surface area contributed by atoms with Crippen LogP contribution in [0.2, 0.25) is 0 Å². The minimum Gasteiger partial charge on any atom is -0.451 e. The Labute approximate surface area is 90.3 Å². The second-order valence-electron chi connectivity index (χ2n) is 2.25. The Morgan fingerprint density at radius 2 is 2.31 bits per heavy atom. The van der Waals surface area contributed by atoms with Gasteiger partial charge in [-0.1, -0.05) is 6.54 Å². The van der Waals surface area contributed by atoms with Gasteiger partial charge >= 0.3 is 22.4 Å². The van der Waals surface area contributed by atoms with Gasteiger partial charge in [-0.3, -0.25) is 4.98 Å². The molecule has 0 saturated heterocycles. The molecule has 2 aromatic rings. The maximum atomic E-state index is 8.65. The van der Waals surface area contributed by atoms with Crippen molar-refractivity contribution in [2.75, 3.05) is 6.61 Å². The van der Waals surface area contributed by atoms with Gasteiger partial charge in [0.05, 0.1) is 11.2 Å². The number of nitrogens with zero attached hydrogens (tertiary/aromatic N) is 4. The summed E-state index contributed by atoms with van der Waals surface area (Å²) < 4.78 is 1.66. The Bertz CT molecular complexity index is 389. The van der Waals surface area contributed by atoms with Crippen LogP contribution in [0.4, 0.5) is 0 Å². The largest absolute Gasteiger partial charge is 1.00 e. The molecule has 6 heteroatoms. The molecule has 0 saturated carbocycles. The molecule has 0 fully saturated rings. The third-order valence-electron chi connectivity index (χ3n) is 1.52. The van der Waals surface area contributed by atoms with E-state index in [1.165, 1.54) is 6.33 Å². The van der Waals surface area contributed by atoms with Gasteiger partial charge in [-0.15, -0.1) is 0 Å². The van der Waals surface area contributed by atoms with Crippen LogP contribution < -0.4 is 0 Å². The van der Waals surface area contributed by atoms with E-state index < -0.39 is 0 Å². The number of imidazole rings is 1. The summed E-state index contributed by atoms with van der Waals surface area (Å²) in [6, 6.07) is 0. The molecule has 5 nitrogen and oxygen atoms in total. The normalized spacial score (nSPS) is 9.62. The van der Waals surface area contributed by atoms with Gasteiger partial charge in [-0.2, -0.15) is 0 Å². The maximum absolute atomic E-state index is 8.65. The van der Waals surface area contributed by atoms with E-state index in [0.717, 1.165) is 5.52 Å². The van der Waals surface area contributed by atoms with Crippen LogP contribution in [0, 0.1) is 6.54 Å². The van der Waals surface area contributed by atoms with Crippen molar-refractivity contribution in [1.29, 1.82) is 0 Å². The van der Waals surface area contributed by atoms with Crippen molar-refractivity contribution in [1.82, 2.24) is 19.5 Å². The van der Waals surface area contributed by atoms with Crippen LogP contribution in [-0.4, -0.2) is 31.2 Å². The number of hydrogen-bond acceptors (Lipinski definition) is 4. The first kappa shape index (κ1) is 10.2. The van der Waals surface area contributed by atoms with E-state index in [2.05, 4.69) is 15.0 Å². The third-order valence-corrected chi connectivity index (χ3v) is 1.52. The van der Waals surface area contributed by atoms with Crippen LogP contribution in [0.5, 0.6) is 0 Å². The van der Waals surface area contributed by atoms with Crippen LogP contribution in [0.1, 0.15) is 0 Å². The van der Waals surface area contributed by atoms with Crippen molar-refractivity contribution in [3.8, 4) is 0 Å². The van der Waals surface area contributed by atoms with Crippen molar-refractivity contribution < 1.29 is 27.5 Å². The number of aliphatic hydroxyl groups is 1. The van der Waals surface area contributed by atoms with Crippen molar-refractivity contribution >= 4 is 11.2 Å². The summed E-state index contributed by atoms with van der Waals surface area (Å²) in [6.07, 6.45) is 4.67. The first-order valence-electron chi connectivity index (χ1n) is 3.48. The molecule has 2 heterocycles. The SMILES string of the molecule is OC[CH-]n1cnc2cncnc21.[Au+]. The molecule has 1 N–H and O–H groups in total. The predicted octanol–water partition coefficient (Wildman–Crippen LogP) is -0.174. The van der Waals surface area contributed by atoms with Crippen molar-refractivity contribution in [3.05, 3.63) is 25.4 Å². The second-order valence-corrected chi connectivity index (χ2v) is 2.25. The molecule has 2 aromatic heterocycles. The van der Waals surface area contributed by atoms with Crippen molar-refractivity contribution in [2.45, 2.75) is 0 Å². The van der Waals surface area contributed by atoms with E-state index in [0.29, 0.717) is 5.65 Å². The third kappa shape index (κ3) is 1.89. The van der Waals surface area contributed by atoms with Crippen molar-refractivity contribution in [3.63, 3.8) is 0 Å². The topological polar surface area (TPSA) is 63.8 Å². The smallest absolute Gasteiger partial charge is 0.451 e. The Morgan fingerprint density at radius 3 is 3.08 bits per heavy atom. The quantitative estimate of drug-likeness (QED) is 0.597. The van der Waals surface area contributed by atoms with Gasteiger partial charge < -0.3 is 14.7 Å². The summed E-state index contributed by atoms with van der Waals surface area (Å²) in [7, 11) is 0. The Kier molecular flexibility index (Phi) is 3.44. The van der Waals surface area contributed by atoms with Crippen LogP contribution >= 0.6 is 0 Å². The molecule has 2 rings (SSSR count). The molecule has 0 amide bonds. The minimum atomic E-state index is -0.0323. The van der Waals surface area contributed by atoms with Gasteiger partial charge in [0.25, 0.3) is 0 Å². The van der Waals surface area contributed by atoms with Gasteiger partial charge in [0.15, 0.2) is 0 Å². The van der Waals surface area contributed by atoms with E-state index in [1.54, 1.807) is 23.6 Å². The standard InChI is InChI=1S/C7H7N4O.Au/c12-2-1-11-5-10-6-3-8-4-9-7(6)11;/h1,3-5,12H,2H2;/q-1;+1. The summed E-state index contributed by atoms with van der Waals surface area (Å²) in [6.45, 7) is 1.55. The van der Waals surface area contributed by atoms with Crippen LogP contribution in [0.25, 0.3) is 11.2 Å². The first-order valence-corrected chi connectivity index (χ1v) is 3.48. The van der Waals surface area contributed by atoms with Gasteiger partial charge in [-0.05, 0) is 6.33 Å². The summed E-state index contributed by atoms with van der Waals surface area (Å²) in [5, 5.41) is 8.65. The average Bonchev–Trinajstić information content (AvgIpc) is 2.50. The Morgan fingerprint density at radius 1 is 1.46 bits per heavy atom. The summed E-state index contributed by atoms with van der Waals surface area (Å²) in [5.74, 6) is 0. The zero-order chi connectivity index (χ0) is 8.39. The molecule has 0 atom stereocenters. The fourth-order valence-electron chi connectivity index (χ4n) is 1.01. The van der Waals surface area contributed by atoms with Gasteiger partial charge in [0, 0.05) is 12.8 Å². The van der Waals surface area contributed by atoms with E-state index in [4.69, 9.17) is 5.11 Å². The Hall–Kier alpha value is -0.880. The van der Waals surface area contributed by atoms with Crippen LogP contribution in [-0.2, 0) is 22.4 Å². The fourth-order valence-corrected chi connectivity index (χ4v) is 1.01. The van der Waals surface area contributed by atoms with Gasteiger partial charge in [0.1, 0.15) is 6.33 Å². The molecule has 72 valence electrons. The number of aliphatic hydroxyl groups excluding tert-OH is 1. The average molecular weight is 360 g/mol. The maximum Gasteiger partial charge on any atom is 1.00 e. The van der Waals surface area contributed by atoms with E-state index >= 15 is 0 Å². The molecule has 0 radical (unpaired) electrons. The molecule has 0 bridgehead atoms. The number of fused-ring (bicyclic) bond motifs is 1. The molecule has 0 aliphatic heterocycles. The minimum absolute atomic E-state index is 0. The first-order chi connectivity index (χ1) is 5.92. The fraction of sp³-hybridized carbons (Fsp3) is 0.143. The molecular formula is C7H7AuN4O. The van der Waals surface area contributed by atoms with Crippen LogP contribution in [0.3, 0.4) is 0 Å². The molecule has 0 aliphatic rings. The zero-order valence-corrected chi connectivity index (χ0v) is 8.72. The van der Waals surface area contributed by atoms with Crippen LogP contribution in [0.15, 0.2) is 18.9 Å². The summed E-state index contributed by atoms with van der Waals surface area (Å²) in [4.78, 5) is 11.9. The number of hydrogen-bond donors (Lipinski definition) is 1. The molecule has 0 spiro atoms. The monoisotopic (exact) mass is 360 g/mol. The molecule has 0 aliphatic carbocycles. The van der Waals surface area contributed by atoms with E-state index in [-0.39, 0.29) is 29.0 Å². The molecule has 0 unspecified atom stereocenters. The molecular weight excluding hydrogens is 353 g/mol. The number of rotatable bonds is 2. The van der Waals surface area contributed by atoms with Crippen molar-refractivity contribution in [2.24, 2.45) is 0 Å². The summed E-state index contributed by atoms with van der Waals surface area (Å²) in [5.41, 5.74) is 1.43.